The van der Waals surface area contributed by atoms with Gasteiger partial charge in [0.15, 0.2) is 6.10 Å². The molecular weight excluding hydrogens is 368 g/mol. The Balaban J connectivity index is 2.00. The van der Waals surface area contributed by atoms with Crippen molar-refractivity contribution in [3.8, 4) is 5.75 Å². The van der Waals surface area contributed by atoms with Crippen LogP contribution in [-0.2, 0) is 14.3 Å². The summed E-state index contributed by atoms with van der Waals surface area (Å²) in [5.41, 5.74) is 5.99. The summed E-state index contributed by atoms with van der Waals surface area (Å²) in [6, 6.07) is 13.7. The second kappa shape index (κ2) is 9.63. The molecule has 27 heavy (non-hydrogen) atoms. The molecule has 0 heterocycles. The molecule has 2 aromatic rings. The average Bonchev–Trinajstić information content (AvgIpc) is 2.66. The second-order valence-corrected chi connectivity index (χ2v) is 6.53. The number of thioether (sulfide) groups is 1. The van der Waals surface area contributed by atoms with E-state index in [0.29, 0.717) is 16.3 Å². The fourth-order valence-electron chi connectivity index (χ4n) is 2.08. The molecule has 0 fully saturated rings. The number of rotatable bonds is 8. The Morgan fingerprint density at radius 3 is 2.59 bits per heavy atom. The highest BCUT2D eigenvalue weighted by molar-refractivity contribution is 8.00. The van der Waals surface area contributed by atoms with Gasteiger partial charge in [-0.3, -0.25) is 9.59 Å². The molecule has 0 bridgehead atoms. The Kier molecular flexibility index (Phi) is 7.25. The van der Waals surface area contributed by atoms with Crippen LogP contribution in [0.2, 0.25) is 0 Å². The van der Waals surface area contributed by atoms with Crippen molar-refractivity contribution >= 4 is 35.2 Å². The van der Waals surface area contributed by atoms with Gasteiger partial charge in [-0.1, -0.05) is 18.2 Å². The van der Waals surface area contributed by atoms with Crippen LogP contribution in [0.1, 0.15) is 17.3 Å². The highest BCUT2D eigenvalue weighted by Gasteiger charge is 2.19. The zero-order valence-corrected chi connectivity index (χ0v) is 15.7. The maximum Gasteiger partial charge on any atom is 0.340 e. The number of hydrogen-bond donors (Lipinski definition) is 2. The van der Waals surface area contributed by atoms with Crippen LogP contribution in [0.5, 0.6) is 5.75 Å². The molecule has 0 radical (unpaired) electrons. The summed E-state index contributed by atoms with van der Waals surface area (Å²) in [5.74, 6) is -0.907. The first kappa shape index (κ1) is 20.3. The lowest BCUT2D eigenvalue weighted by atomic mass is 10.2. The van der Waals surface area contributed by atoms with E-state index in [1.165, 1.54) is 18.7 Å². The monoisotopic (exact) mass is 388 g/mol. The number of esters is 1. The van der Waals surface area contributed by atoms with Crippen LogP contribution in [-0.4, -0.2) is 36.8 Å². The Labute approximate surface area is 161 Å². The van der Waals surface area contributed by atoms with Gasteiger partial charge < -0.3 is 20.5 Å². The molecule has 0 aromatic heterocycles. The quantitative estimate of drug-likeness (QED) is 0.531. The van der Waals surface area contributed by atoms with Gasteiger partial charge in [0.05, 0.1) is 18.4 Å². The summed E-state index contributed by atoms with van der Waals surface area (Å²) in [4.78, 5) is 36.0. The van der Waals surface area contributed by atoms with Crippen molar-refractivity contribution in [3.63, 3.8) is 0 Å². The van der Waals surface area contributed by atoms with E-state index in [9.17, 15) is 14.4 Å². The number of ether oxygens (including phenoxy) is 2. The van der Waals surface area contributed by atoms with Crippen LogP contribution < -0.4 is 15.8 Å². The predicted octanol–water partition coefficient (Wildman–Crippen LogP) is 2.46. The SMILES string of the molecule is COc1cccc(NC(=O)CSc2ccccc2C(=O)O[C@@H](C)C(N)=O)c1. The average molecular weight is 388 g/mol. The largest absolute Gasteiger partial charge is 0.497 e. The Morgan fingerprint density at radius 2 is 1.89 bits per heavy atom. The molecule has 0 unspecified atom stereocenters. The van der Waals surface area contributed by atoms with E-state index in [4.69, 9.17) is 15.2 Å². The van der Waals surface area contributed by atoms with Crippen molar-refractivity contribution in [1.29, 1.82) is 0 Å². The van der Waals surface area contributed by atoms with Crippen molar-refractivity contribution in [2.75, 3.05) is 18.2 Å². The van der Waals surface area contributed by atoms with Crippen LogP contribution in [0.25, 0.3) is 0 Å². The molecule has 1 atom stereocenters. The van der Waals surface area contributed by atoms with Gasteiger partial charge >= 0.3 is 5.97 Å². The third kappa shape index (κ3) is 6.03. The number of carbonyl (C=O) groups excluding carboxylic acids is 3. The second-order valence-electron chi connectivity index (χ2n) is 5.51. The molecule has 0 spiro atoms. The molecule has 0 saturated heterocycles. The van der Waals surface area contributed by atoms with E-state index in [1.807, 2.05) is 0 Å². The standard InChI is InChI=1S/C19H20N2O5S/c1-12(18(20)23)26-19(24)15-8-3-4-9-16(15)27-11-17(22)21-13-6-5-7-14(10-13)25-2/h3-10,12H,11H2,1-2H3,(H2,20,23)(H,21,22)/t12-/m0/s1. The number of nitrogens with two attached hydrogens (primary N) is 1. The van der Waals surface area contributed by atoms with Crippen molar-refractivity contribution < 1.29 is 23.9 Å². The van der Waals surface area contributed by atoms with E-state index < -0.39 is 18.0 Å². The molecule has 2 rings (SSSR count). The van der Waals surface area contributed by atoms with Crippen LogP contribution in [0.3, 0.4) is 0 Å². The fraction of sp³-hybridized carbons (Fsp3) is 0.211. The van der Waals surface area contributed by atoms with Gasteiger partial charge in [-0.05, 0) is 31.2 Å². The van der Waals surface area contributed by atoms with E-state index in [2.05, 4.69) is 5.32 Å². The normalized spacial score (nSPS) is 11.3. The number of nitrogens with one attached hydrogen (secondary N) is 1. The van der Waals surface area contributed by atoms with Gasteiger partial charge in [-0.15, -0.1) is 11.8 Å². The van der Waals surface area contributed by atoms with E-state index >= 15 is 0 Å². The van der Waals surface area contributed by atoms with E-state index in [0.717, 1.165) is 0 Å². The van der Waals surface area contributed by atoms with Crippen molar-refractivity contribution in [3.05, 3.63) is 54.1 Å². The third-order valence-electron chi connectivity index (χ3n) is 3.50. The maximum absolute atomic E-state index is 12.2. The van der Waals surface area contributed by atoms with Crippen LogP contribution in [0.15, 0.2) is 53.4 Å². The maximum atomic E-state index is 12.2. The molecule has 3 N–H and O–H groups in total. The number of carbonyl (C=O) groups is 3. The molecule has 2 aromatic carbocycles. The van der Waals surface area contributed by atoms with Gasteiger partial charge in [0.25, 0.3) is 5.91 Å². The molecule has 8 heteroatoms. The topological polar surface area (TPSA) is 108 Å². The number of primary amides is 1. The van der Waals surface area contributed by atoms with Crippen LogP contribution in [0.4, 0.5) is 5.69 Å². The molecule has 0 aliphatic heterocycles. The summed E-state index contributed by atoms with van der Waals surface area (Å²) in [6.45, 7) is 1.40. The predicted molar refractivity (Wildman–Crippen MR) is 103 cm³/mol. The van der Waals surface area contributed by atoms with Gasteiger partial charge in [-0.25, -0.2) is 4.79 Å². The minimum absolute atomic E-state index is 0.0902. The van der Waals surface area contributed by atoms with Crippen LogP contribution in [0, 0.1) is 0 Å². The fourth-order valence-corrected chi connectivity index (χ4v) is 2.92. The van der Waals surface area contributed by atoms with Crippen molar-refractivity contribution in [2.24, 2.45) is 5.73 Å². The summed E-state index contributed by atoms with van der Waals surface area (Å²) in [5, 5.41) is 2.77. The molecule has 0 aliphatic carbocycles. The highest BCUT2D eigenvalue weighted by Crippen LogP contribution is 2.24. The lowest BCUT2D eigenvalue weighted by molar-refractivity contribution is -0.125. The summed E-state index contributed by atoms with van der Waals surface area (Å²) < 4.78 is 10.1. The molecule has 0 aliphatic rings. The minimum atomic E-state index is -1.04. The Bertz CT molecular complexity index is 840. The Hall–Kier alpha value is -3.00. The van der Waals surface area contributed by atoms with Gasteiger partial charge in [-0.2, -0.15) is 0 Å². The highest BCUT2D eigenvalue weighted by atomic mass is 32.2. The van der Waals surface area contributed by atoms with Gasteiger partial charge in [0.1, 0.15) is 5.75 Å². The van der Waals surface area contributed by atoms with E-state index in [1.54, 1.807) is 55.6 Å². The van der Waals surface area contributed by atoms with Crippen molar-refractivity contribution in [1.82, 2.24) is 0 Å². The lowest BCUT2D eigenvalue weighted by Crippen LogP contribution is -2.30. The third-order valence-corrected chi connectivity index (χ3v) is 4.58. The number of methoxy groups -OCH3 is 1. The first-order valence-electron chi connectivity index (χ1n) is 8.06. The summed E-state index contributed by atoms with van der Waals surface area (Å²) >= 11 is 1.19. The number of amides is 2. The number of hydrogen-bond acceptors (Lipinski definition) is 6. The number of anilines is 1. The van der Waals surface area contributed by atoms with Crippen molar-refractivity contribution in [2.45, 2.75) is 17.9 Å². The molecule has 142 valence electrons. The van der Waals surface area contributed by atoms with Gasteiger partial charge in [0, 0.05) is 16.6 Å². The van der Waals surface area contributed by atoms with Crippen LogP contribution >= 0.6 is 11.8 Å². The molecular formula is C19H20N2O5S. The Morgan fingerprint density at radius 1 is 1.15 bits per heavy atom. The number of benzene rings is 2. The van der Waals surface area contributed by atoms with Gasteiger partial charge in [0.2, 0.25) is 5.91 Å². The lowest BCUT2D eigenvalue weighted by Gasteiger charge is -2.12. The molecule has 7 nitrogen and oxygen atoms in total. The summed E-state index contributed by atoms with van der Waals surface area (Å²) in [6.07, 6.45) is -1.04. The first-order chi connectivity index (χ1) is 12.9. The smallest absolute Gasteiger partial charge is 0.340 e. The zero-order valence-electron chi connectivity index (χ0n) is 14.9. The molecule has 2 amide bonds. The minimum Gasteiger partial charge on any atom is -0.497 e. The zero-order chi connectivity index (χ0) is 19.8. The van der Waals surface area contributed by atoms with E-state index in [-0.39, 0.29) is 17.2 Å². The first-order valence-corrected chi connectivity index (χ1v) is 9.05. The summed E-state index contributed by atoms with van der Waals surface area (Å²) in [7, 11) is 1.55. The molecule has 0 saturated carbocycles.